The van der Waals surface area contributed by atoms with E-state index in [1.54, 1.807) is 18.2 Å². The normalized spacial score (nSPS) is 15.3. The van der Waals surface area contributed by atoms with Crippen molar-refractivity contribution in [3.63, 3.8) is 0 Å². The van der Waals surface area contributed by atoms with Crippen molar-refractivity contribution < 1.29 is 19.5 Å². The molecule has 0 bridgehead atoms. The number of furan rings is 1. The van der Waals surface area contributed by atoms with Gasteiger partial charge < -0.3 is 4.42 Å². The molecule has 0 amide bonds. The fraction of sp³-hybridized carbons (Fsp3) is 0. The second-order valence-corrected chi connectivity index (χ2v) is 10.4. The van der Waals surface area contributed by atoms with E-state index in [9.17, 15) is 0 Å². The van der Waals surface area contributed by atoms with Crippen molar-refractivity contribution in [2.75, 3.05) is 0 Å². The molecule has 0 saturated carbocycles. The second-order valence-electron chi connectivity index (χ2n) is 10.4. The Hall–Kier alpha value is -5.66. The minimum absolute atomic E-state index is 0.0494. The molecule has 0 unspecified atom stereocenters. The zero-order valence-corrected chi connectivity index (χ0v) is 22.6. The zero-order valence-electron chi connectivity index (χ0n) is 33.6. The molecular weight excluding hydrogens is 520 g/mol. The summed E-state index contributed by atoms with van der Waals surface area (Å²) in [6, 6.07) is 25.2. The lowest BCUT2D eigenvalue weighted by Crippen LogP contribution is -1.91. The summed E-state index contributed by atoms with van der Waals surface area (Å²) in [5, 5.41) is 4.68. The predicted octanol–water partition coefficient (Wildman–Crippen LogP) is 12.0. The maximum atomic E-state index is 9.00. The van der Waals surface area contributed by atoms with Crippen LogP contribution in [0.1, 0.15) is 15.1 Å². The van der Waals surface area contributed by atoms with Gasteiger partial charge in [-0.1, -0.05) is 139 Å². The van der Waals surface area contributed by atoms with E-state index < -0.39 is 18.1 Å². The molecule has 200 valence electrons. The number of rotatable bonds is 3. The Balaban J connectivity index is 1.29. The molecule has 0 atom stereocenters. The third kappa shape index (κ3) is 3.72. The van der Waals surface area contributed by atoms with E-state index in [1.165, 1.54) is 0 Å². The zero-order chi connectivity index (χ0) is 37.9. The first-order chi connectivity index (χ1) is 25.9. The van der Waals surface area contributed by atoms with E-state index in [-0.39, 0.29) is 70.3 Å². The lowest BCUT2D eigenvalue weighted by molar-refractivity contribution is 0.672. The Morgan fingerprint density at radius 2 is 0.977 bits per heavy atom. The van der Waals surface area contributed by atoms with Crippen molar-refractivity contribution in [3.05, 3.63) is 157 Å². The minimum Gasteiger partial charge on any atom is -0.455 e. The molecule has 0 radical (unpaired) electrons. The topological polar surface area (TPSA) is 13.1 Å². The maximum absolute atomic E-state index is 9.00. The summed E-state index contributed by atoms with van der Waals surface area (Å²) in [5.74, 6) is 0. The quantitative estimate of drug-likeness (QED) is 0.197. The van der Waals surface area contributed by atoms with Crippen LogP contribution in [0.3, 0.4) is 0 Å². The summed E-state index contributed by atoms with van der Waals surface area (Å²) in [4.78, 5) is 0. The predicted molar refractivity (Wildman–Crippen MR) is 183 cm³/mol. The van der Waals surface area contributed by atoms with Gasteiger partial charge in [0, 0.05) is 16.2 Å². The van der Waals surface area contributed by atoms with Crippen molar-refractivity contribution in [1.82, 2.24) is 0 Å². The lowest BCUT2D eigenvalue weighted by Gasteiger charge is -2.18. The second kappa shape index (κ2) is 9.44. The molecule has 43 heavy (non-hydrogen) atoms. The highest BCUT2D eigenvalue weighted by molar-refractivity contribution is 6.22. The van der Waals surface area contributed by atoms with Gasteiger partial charge in [0.05, 0.1) is 15.1 Å². The molecule has 9 rings (SSSR count). The molecule has 0 saturated heterocycles. The minimum atomic E-state index is -0.467. The molecule has 9 aromatic rings. The molecule has 1 heteroatoms. The third-order valence-corrected chi connectivity index (χ3v) is 8.10. The Kier molecular flexibility index (Phi) is 3.41. The molecule has 0 spiro atoms. The van der Waals surface area contributed by atoms with Gasteiger partial charge in [-0.15, -0.1) is 0 Å². The lowest BCUT2D eigenvalue weighted by atomic mass is 9.85. The molecule has 0 aliphatic carbocycles. The van der Waals surface area contributed by atoms with Crippen LogP contribution < -0.4 is 0 Å². The molecule has 1 aromatic heterocycles. The van der Waals surface area contributed by atoms with Crippen molar-refractivity contribution in [2.45, 2.75) is 0 Å². The highest BCUT2D eigenvalue weighted by Crippen LogP contribution is 2.45. The van der Waals surface area contributed by atoms with Crippen LogP contribution in [0.15, 0.2) is 162 Å². The molecular formula is C42H26O. The standard InChI is InChI=1S/C42H26O/c1-2-10-27(11-3-1)28-18-20-30(21-19-28)40-33-14-6-8-16-35(33)41(36-17-9-7-15-34(36)40)31-23-25-39-38(26-31)37-24-22-29-12-4-5-13-32(29)42(37)43-39/h1-26H/i1D,2D,3D,4D,5D,10D,11D,12D,13D,22D,24D. The van der Waals surface area contributed by atoms with Crippen molar-refractivity contribution >= 4 is 54.3 Å². The monoisotopic (exact) mass is 557 g/mol. The third-order valence-electron chi connectivity index (χ3n) is 8.10. The van der Waals surface area contributed by atoms with E-state index in [0.29, 0.717) is 21.9 Å². The molecule has 1 heterocycles. The van der Waals surface area contributed by atoms with Crippen LogP contribution in [-0.2, 0) is 0 Å². The summed E-state index contributed by atoms with van der Waals surface area (Å²) in [6.07, 6.45) is 0. The van der Waals surface area contributed by atoms with Crippen LogP contribution in [0, 0.1) is 0 Å². The van der Waals surface area contributed by atoms with Crippen LogP contribution in [-0.4, -0.2) is 0 Å². The fourth-order valence-electron chi connectivity index (χ4n) is 6.20. The molecule has 0 aliphatic rings. The molecule has 8 aromatic carbocycles. The van der Waals surface area contributed by atoms with Crippen LogP contribution in [0.25, 0.3) is 87.6 Å². The Bertz CT molecular complexity index is 3030. The number of hydrogen-bond donors (Lipinski definition) is 0. The Labute approximate surface area is 264 Å². The molecule has 0 aliphatic heterocycles. The van der Waals surface area contributed by atoms with Crippen LogP contribution in [0.4, 0.5) is 0 Å². The maximum Gasteiger partial charge on any atom is 0.143 e. The smallest absolute Gasteiger partial charge is 0.143 e. The van der Waals surface area contributed by atoms with Crippen molar-refractivity contribution in [3.8, 4) is 33.4 Å². The summed E-state index contributed by atoms with van der Waals surface area (Å²) < 4.78 is 98.8. The van der Waals surface area contributed by atoms with E-state index in [1.807, 2.05) is 72.8 Å². The Morgan fingerprint density at radius 3 is 1.67 bits per heavy atom. The van der Waals surface area contributed by atoms with Gasteiger partial charge in [-0.2, -0.15) is 0 Å². The Morgan fingerprint density at radius 1 is 0.395 bits per heavy atom. The van der Waals surface area contributed by atoms with Gasteiger partial charge in [-0.25, -0.2) is 0 Å². The van der Waals surface area contributed by atoms with Gasteiger partial charge in [0.25, 0.3) is 0 Å². The van der Waals surface area contributed by atoms with E-state index in [0.717, 1.165) is 43.8 Å². The van der Waals surface area contributed by atoms with Crippen molar-refractivity contribution in [1.29, 1.82) is 0 Å². The summed E-state index contributed by atoms with van der Waals surface area (Å²) in [7, 11) is 0. The average molecular weight is 558 g/mol. The first kappa shape index (κ1) is 15.5. The van der Waals surface area contributed by atoms with Crippen LogP contribution >= 0.6 is 0 Å². The van der Waals surface area contributed by atoms with Crippen molar-refractivity contribution in [2.24, 2.45) is 0 Å². The van der Waals surface area contributed by atoms with E-state index in [2.05, 4.69) is 0 Å². The number of benzene rings is 8. The first-order valence-corrected chi connectivity index (χ1v) is 13.9. The SMILES string of the molecule is [2H]c1c([2H])c([2H])c(-c2ccc(-c3c4ccccc4c(-c4ccc5oc6c7c([2H])c([2H])c([2H])c([2H])c7c([2H])c([2H])c6c5c4)c4ccccc34)cc2)c([2H])c1[2H]. The van der Waals surface area contributed by atoms with Crippen LogP contribution in [0.2, 0.25) is 0 Å². The number of hydrogen-bond acceptors (Lipinski definition) is 1. The van der Waals surface area contributed by atoms with Gasteiger partial charge in [-0.05, 0) is 78.5 Å². The molecule has 0 fully saturated rings. The largest absolute Gasteiger partial charge is 0.455 e. The van der Waals surface area contributed by atoms with Crippen LogP contribution in [0.5, 0.6) is 0 Å². The van der Waals surface area contributed by atoms with Gasteiger partial charge >= 0.3 is 0 Å². The van der Waals surface area contributed by atoms with Gasteiger partial charge in [-0.3, -0.25) is 0 Å². The molecule has 0 N–H and O–H groups in total. The van der Waals surface area contributed by atoms with Gasteiger partial charge in [0.1, 0.15) is 11.2 Å². The summed E-state index contributed by atoms with van der Waals surface area (Å²) in [5.41, 5.74) is 4.79. The number of fused-ring (bicyclic) bond motifs is 7. The van der Waals surface area contributed by atoms with E-state index >= 15 is 0 Å². The summed E-state index contributed by atoms with van der Waals surface area (Å²) in [6.45, 7) is 0. The highest BCUT2D eigenvalue weighted by Gasteiger charge is 2.18. The summed E-state index contributed by atoms with van der Waals surface area (Å²) >= 11 is 0. The van der Waals surface area contributed by atoms with E-state index in [4.69, 9.17) is 19.5 Å². The first-order valence-electron chi connectivity index (χ1n) is 19.4. The average Bonchev–Trinajstić information content (AvgIpc) is 3.57. The van der Waals surface area contributed by atoms with Gasteiger partial charge in [0.2, 0.25) is 0 Å². The molecule has 1 nitrogen and oxygen atoms in total. The highest BCUT2D eigenvalue weighted by atomic mass is 16.3. The van der Waals surface area contributed by atoms with Gasteiger partial charge in [0.15, 0.2) is 0 Å². The fourth-order valence-corrected chi connectivity index (χ4v) is 6.20.